The van der Waals surface area contributed by atoms with E-state index in [9.17, 15) is 4.79 Å². The minimum absolute atomic E-state index is 0.225. The maximum atomic E-state index is 13.6. The van der Waals surface area contributed by atoms with Crippen LogP contribution in [0.4, 0.5) is 11.4 Å². The van der Waals surface area contributed by atoms with Crippen LogP contribution in [0.3, 0.4) is 0 Å². The fourth-order valence-electron chi connectivity index (χ4n) is 3.85. The lowest BCUT2D eigenvalue weighted by atomic mass is 10.0. The monoisotopic (exact) mass is 464 g/mol. The fourth-order valence-corrected chi connectivity index (χ4v) is 4.62. The number of rotatable bonds is 2. The minimum Gasteiger partial charge on any atom is -0.273 e. The third-order valence-electron chi connectivity index (χ3n) is 5.28. The molecule has 2 heterocycles. The van der Waals surface area contributed by atoms with Crippen LogP contribution in [0.25, 0.3) is 22.6 Å². The lowest BCUT2D eigenvalue weighted by Crippen LogP contribution is -2.21. The molecule has 5 rings (SSSR count). The Morgan fingerprint density at radius 1 is 0.903 bits per heavy atom. The Morgan fingerprint density at radius 2 is 1.65 bits per heavy atom. The van der Waals surface area contributed by atoms with Crippen molar-refractivity contribution in [3.63, 3.8) is 0 Å². The molecule has 31 heavy (non-hydrogen) atoms. The van der Waals surface area contributed by atoms with Crippen molar-refractivity contribution in [3.8, 4) is 0 Å². The average molecular weight is 466 g/mol. The lowest BCUT2D eigenvalue weighted by molar-refractivity contribution is -0.112. The molecule has 0 saturated carbocycles. The first-order valence-electron chi connectivity index (χ1n) is 9.60. The van der Waals surface area contributed by atoms with E-state index in [0.717, 1.165) is 27.7 Å². The molecule has 6 heteroatoms. The highest BCUT2D eigenvalue weighted by Crippen LogP contribution is 2.47. The number of amides is 1. The summed E-state index contributed by atoms with van der Waals surface area (Å²) in [4.78, 5) is 19.6. The first kappa shape index (κ1) is 20.1. The number of anilines is 2. The summed E-state index contributed by atoms with van der Waals surface area (Å²) in [5.74, 6) is -0.225. The molecule has 0 spiro atoms. The van der Waals surface area contributed by atoms with Gasteiger partial charge in [-0.1, -0.05) is 70.7 Å². The van der Waals surface area contributed by atoms with E-state index in [0.29, 0.717) is 32.0 Å². The van der Waals surface area contributed by atoms with Crippen LogP contribution in [-0.2, 0) is 4.79 Å². The molecule has 3 nitrogen and oxygen atoms in total. The number of aryl methyl sites for hydroxylation is 1. The minimum atomic E-state index is -0.225. The number of para-hydroxylation sites is 2. The standard InChI is InChI=1S/C25H15Cl3N2O/c1-14-9-10-21-15(11-14)12-16(24(28)29-21)13-18-17-5-2-3-8-22(17)30(25(18)31)23-19(26)6-4-7-20(23)27/h2-13H,1H3/b18-13-. The number of carbonyl (C=O) groups is 1. The maximum Gasteiger partial charge on any atom is 0.263 e. The van der Waals surface area contributed by atoms with E-state index in [1.807, 2.05) is 55.5 Å². The van der Waals surface area contributed by atoms with Crippen LogP contribution in [0.5, 0.6) is 0 Å². The number of fused-ring (bicyclic) bond motifs is 2. The molecule has 3 aromatic carbocycles. The quantitative estimate of drug-likeness (QED) is 0.224. The van der Waals surface area contributed by atoms with E-state index in [1.165, 1.54) is 0 Å². The Hall–Kier alpha value is -2.85. The number of aromatic nitrogens is 1. The van der Waals surface area contributed by atoms with Gasteiger partial charge in [-0.15, -0.1) is 0 Å². The Labute approximate surface area is 194 Å². The number of pyridine rings is 1. The molecular weight excluding hydrogens is 451 g/mol. The molecular formula is C25H15Cl3N2O. The van der Waals surface area contributed by atoms with Crippen molar-refractivity contribution >= 4 is 74.6 Å². The summed E-state index contributed by atoms with van der Waals surface area (Å²) in [6.45, 7) is 2.02. The number of nitrogens with zero attached hydrogens (tertiary/aromatic N) is 2. The van der Waals surface area contributed by atoms with Crippen molar-refractivity contribution in [1.29, 1.82) is 0 Å². The molecule has 152 valence electrons. The highest BCUT2D eigenvalue weighted by Gasteiger charge is 2.35. The van der Waals surface area contributed by atoms with Gasteiger partial charge in [-0.25, -0.2) is 4.98 Å². The molecule has 1 aliphatic rings. The highest BCUT2D eigenvalue weighted by atomic mass is 35.5. The SMILES string of the molecule is Cc1ccc2nc(Cl)c(/C=C3\C(=O)N(c4c(Cl)cccc4Cl)c4ccccc43)cc2c1. The van der Waals surface area contributed by atoms with Crippen LogP contribution in [-0.4, -0.2) is 10.9 Å². The summed E-state index contributed by atoms with van der Waals surface area (Å²) in [6.07, 6.45) is 1.78. The molecule has 1 aromatic heterocycles. The van der Waals surface area contributed by atoms with Crippen LogP contribution in [0.15, 0.2) is 66.7 Å². The number of hydrogen-bond donors (Lipinski definition) is 0. The second-order valence-electron chi connectivity index (χ2n) is 7.35. The van der Waals surface area contributed by atoms with Crippen LogP contribution in [0, 0.1) is 6.92 Å². The third kappa shape index (κ3) is 3.39. The summed E-state index contributed by atoms with van der Waals surface area (Å²) in [7, 11) is 0. The van der Waals surface area contributed by atoms with Gasteiger partial charge < -0.3 is 0 Å². The second kappa shape index (κ2) is 7.69. The number of benzene rings is 3. The molecule has 0 radical (unpaired) electrons. The number of hydrogen-bond acceptors (Lipinski definition) is 2. The first-order valence-corrected chi connectivity index (χ1v) is 10.7. The van der Waals surface area contributed by atoms with Gasteiger partial charge in [-0.05, 0) is 49.4 Å². The Bertz CT molecular complexity index is 1390. The highest BCUT2D eigenvalue weighted by molar-refractivity contribution is 6.45. The Balaban J connectivity index is 1.71. The number of halogens is 3. The van der Waals surface area contributed by atoms with Gasteiger partial charge in [0.15, 0.2) is 0 Å². The van der Waals surface area contributed by atoms with Crippen LogP contribution >= 0.6 is 34.8 Å². The van der Waals surface area contributed by atoms with E-state index >= 15 is 0 Å². The first-order chi connectivity index (χ1) is 14.9. The Morgan fingerprint density at radius 3 is 2.42 bits per heavy atom. The van der Waals surface area contributed by atoms with Gasteiger partial charge in [0.25, 0.3) is 5.91 Å². The zero-order chi connectivity index (χ0) is 21.7. The van der Waals surface area contributed by atoms with Gasteiger partial charge >= 0.3 is 0 Å². The molecule has 0 N–H and O–H groups in total. The summed E-state index contributed by atoms with van der Waals surface area (Å²) in [5.41, 5.74) is 5.06. The van der Waals surface area contributed by atoms with Gasteiger partial charge in [0, 0.05) is 16.5 Å². The van der Waals surface area contributed by atoms with Gasteiger partial charge in [0.05, 0.1) is 32.5 Å². The van der Waals surface area contributed by atoms with Gasteiger partial charge in [-0.2, -0.15) is 0 Å². The summed E-state index contributed by atoms with van der Waals surface area (Å²) < 4.78 is 0. The predicted octanol–water partition coefficient (Wildman–Crippen LogP) is 7.72. The van der Waals surface area contributed by atoms with E-state index in [4.69, 9.17) is 34.8 Å². The molecule has 1 aliphatic heterocycles. The predicted molar refractivity (Wildman–Crippen MR) is 129 cm³/mol. The van der Waals surface area contributed by atoms with Crippen molar-refractivity contribution in [2.45, 2.75) is 6.92 Å². The third-order valence-corrected chi connectivity index (χ3v) is 6.19. The fraction of sp³-hybridized carbons (Fsp3) is 0.0400. The van der Waals surface area contributed by atoms with Gasteiger partial charge in [0.2, 0.25) is 0 Å². The van der Waals surface area contributed by atoms with Crippen LogP contribution in [0.2, 0.25) is 15.2 Å². The maximum absolute atomic E-state index is 13.6. The van der Waals surface area contributed by atoms with E-state index in [-0.39, 0.29) is 5.91 Å². The van der Waals surface area contributed by atoms with Crippen LogP contribution in [0.1, 0.15) is 16.7 Å². The van der Waals surface area contributed by atoms with E-state index < -0.39 is 0 Å². The summed E-state index contributed by atoms with van der Waals surface area (Å²) >= 11 is 19.3. The molecule has 0 atom stereocenters. The van der Waals surface area contributed by atoms with Crippen molar-refractivity contribution < 1.29 is 4.79 Å². The lowest BCUT2D eigenvalue weighted by Gasteiger charge is -2.20. The van der Waals surface area contributed by atoms with E-state index in [1.54, 1.807) is 29.2 Å². The Kier molecular flexibility index (Phi) is 4.98. The molecule has 0 saturated heterocycles. The van der Waals surface area contributed by atoms with E-state index in [2.05, 4.69) is 4.98 Å². The summed E-state index contributed by atoms with van der Waals surface area (Å²) in [5, 5.41) is 2.10. The van der Waals surface area contributed by atoms with Crippen molar-refractivity contribution in [1.82, 2.24) is 4.98 Å². The largest absolute Gasteiger partial charge is 0.273 e. The summed E-state index contributed by atoms with van der Waals surface area (Å²) in [6, 6.07) is 20.6. The topological polar surface area (TPSA) is 33.2 Å². The van der Waals surface area contributed by atoms with Crippen molar-refractivity contribution in [2.24, 2.45) is 0 Å². The zero-order valence-corrected chi connectivity index (χ0v) is 18.6. The molecule has 0 aliphatic carbocycles. The van der Waals surface area contributed by atoms with Crippen molar-refractivity contribution in [3.05, 3.63) is 98.6 Å². The molecule has 1 amide bonds. The average Bonchev–Trinajstić information content (AvgIpc) is 3.01. The van der Waals surface area contributed by atoms with Gasteiger partial charge in [0.1, 0.15) is 5.15 Å². The molecule has 0 unspecified atom stereocenters. The zero-order valence-electron chi connectivity index (χ0n) is 16.4. The van der Waals surface area contributed by atoms with Crippen molar-refractivity contribution in [2.75, 3.05) is 4.90 Å². The number of carbonyl (C=O) groups excluding carboxylic acids is 1. The molecule has 4 aromatic rings. The van der Waals surface area contributed by atoms with Gasteiger partial charge in [-0.3, -0.25) is 9.69 Å². The smallest absolute Gasteiger partial charge is 0.263 e. The normalized spacial score (nSPS) is 14.5. The molecule has 0 bridgehead atoms. The second-order valence-corrected chi connectivity index (χ2v) is 8.52. The molecule has 0 fully saturated rings. The van der Waals surface area contributed by atoms with Crippen LogP contribution < -0.4 is 4.90 Å².